The summed E-state index contributed by atoms with van der Waals surface area (Å²) in [5.41, 5.74) is 2.92. The van der Waals surface area contributed by atoms with Crippen LogP contribution < -0.4 is 23.7 Å². The maximum Gasteiger partial charge on any atom is 0.309 e. The Morgan fingerprint density at radius 3 is 2.40 bits per heavy atom. The van der Waals surface area contributed by atoms with Crippen molar-refractivity contribution in [2.45, 2.75) is 12.5 Å². The van der Waals surface area contributed by atoms with E-state index in [9.17, 15) is 9.90 Å². The zero-order valence-electron chi connectivity index (χ0n) is 16.9. The molecule has 0 unspecified atom stereocenters. The predicted molar refractivity (Wildman–Crippen MR) is 104 cm³/mol. The van der Waals surface area contributed by atoms with E-state index < -0.39 is 12.0 Å². The molecule has 0 bridgehead atoms. The van der Waals surface area contributed by atoms with E-state index in [1.54, 1.807) is 20.3 Å². The number of fused-ring (bicyclic) bond motifs is 5. The van der Waals surface area contributed by atoms with Gasteiger partial charge in [-0.3, -0.25) is 4.79 Å². The summed E-state index contributed by atoms with van der Waals surface area (Å²) in [7, 11) is 4.64. The van der Waals surface area contributed by atoms with Gasteiger partial charge < -0.3 is 33.5 Å². The average Bonchev–Trinajstić information content (AvgIpc) is 3.36. The Labute approximate surface area is 173 Å². The normalized spacial score (nSPS) is 23.5. The Kier molecular flexibility index (Phi) is 4.39. The van der Waals surface area contributed by atoms with E-state index in [4.69, 9.17) is 28.4 Å². The summed E-state index contributed by atoms with van der Waals surface area (Å²) in [5, 5.41) is 11.3. The van der Waals surface area contributed by atoms with Gasteiger partial charge in [0.25, 0.3) is 0 Å². The van der Waals surface area contributed by atoms with Crippen LogP contribution in [-0.2, 0) is 16.0 Å². The molecule has 8 nitrogen and oxygen atoms in total. The average molecular weight is 414 g/mol. The zero-order chi connectivity index (χ0) is 21.0. The Morgan fingerprint density at radius 2 is 1.70 bits per heavy atom. The van der Waals surface area contributed by atoms with E-state index in [0.29, 0.717) is 40.7 Å². The second kappa shape index (κ2) is 6.98. The highest BCUT2D eigenvalue weighted by molar-refractivity contribution is 5.85. The van der Waals surface area contributed by atoms with Gasteiger partial charge in [0.2, 0.25) is 12.5 Å². The minimum Gasteiger partial charge on any atom is -0.493 e. The molecule has 2 aliphatic heterocycles. The van der Waals surface area contributed by atoms with Crippen molar-refractivity contribution in [1.29, 1.82) is 0 Å². The number of carbonyl (C=O) groups is 1. The van der Waals surface area contributed by atoms with Gasteiger partial charge in [0.15, 0.2) is 23.0 Å². The standard InChI is InChI=1S/C22H22O8/c1-25-17-5-10-4-13-14(8-28-22(13)24)19(23)12-7-16-15(29-9-30-16)6-11(12)18(10)21(27-3)20(17)26-2/h5-7,13-14,19,23H,4,8-9H2,1-3H3/t13-,14+,19-/m1/s1. The number of carbonyl (C=O) groups excluding carboxylic acids is 1. The molecular formula is C22H22O8. The first-order valence-corrected chi connectivity index (χ1v) is 9.67. The Bertz CT molecular complexity index is 1030. The molecule has 5 rings (SSSR count). The molecule has 0 aromatic heterocycles. The number of aliphatic hydroxyl groups excluding tert-OH is 1. The molecule has 0 saturated carbocycles. The van der Waals surface area contributed by atoms with Gasteiger partial charge in [0, 0.05) is 11.5 Å². The smallest absolute Gasteiger partial charge is 0.309 e. The minimum absolute atomic E-state index is 0.109. The number of rotatable bonds is 3. The van der Waals surface area contributed by atoms with Crippen molar-refractivity contribution in [2.75, 3.05) is 34.7 Å². The van der Waals surface area contributed by atoms with Gasteiger partial charge >= 0.3 is 5.97 Å². The maximum absolute atomic E-state index is 12.5. The highest BCUT2D eigenvalue weighted by Crippen LogP contribution is 2.54. The monoisotopic (exact) mass is 414 g/mol. The van der Waals surface area contributed by atoms with E-state index >= 15 is 0 Å². The summed E-state index contributed by atoms with van der Waals surface area (Å²) in [6, 6.07) is 5.46. The van der Waals surface area contributed by atoms with E-state index in [1.807, 2.05) is 12.1 Å². The number of benzene rings is 2. The largest absolute Gasteiger partial charge is 0.493 e. The van der Waals surface area contributed by atoms with E-state index in [2.05, 4.69) is 0 Å². The number of hydrogen-bond donors (Lipinski definition) is 1. The van der Waals surface area contributed by atoms with Crippen LogP contribution in [0.4, 0.5) is 0 Å². The Morgan fingerprint density at radius 1 is 0.967 bits per heavy atom. The third-order valence-corrected chi connectivity index (χ3v) is 6.13. The lowest BCUT2D eigenvalue weighted by molar-refractivity contribution is -0.141. The van der Waals surface area contributed by atoms with Crippen LogP contribution in [0.5, 0.6) is 28.7 Å². The van der Waals surface area contributed by atoms with Gasteiger partial charge in [-0.25, -0.2) is 0 Å². The summed E-state index contributed by atoms with van der Waals surface area (Å²) in [6.45, 7) is 0.274. The Balaban J connectivity index is 1.85. The maximum atomic E-state index is 12.5. The van der Waals surface area contributed by atoms with Crippen molar-refractivity contribution in [3.63, 3.8) is 0 Å². The molecule has 0 radical (unpaired) electrons. The number of hydrogen-bond acceptors (Lipinski definition) is 8. The van der Waals surface area contributed by atoms with E-state index in [1.165, 1.54) is 7.11 Å². The molecular weight excluding hydrogens is 392 g/mol. The van der Waals surface area contributed by atoms with Gasteiger partial charge in [0.1, 0.15) is 0 Å². The van der Waals surface area contributed by atoms with Crippen molar-refractivity contribution < 1.29 is 38.3 Å². The van der Waals surface area contributed by atoms with Crippen LogP contribution >= 0.6 is 0 Å². The lowest BCUT2D eigenvalue weighted by Crippen LogP contribution is -2.27. The summed E-state index contributed by atoms with van der Waals surface area (Å²) >= 11 is 0. The Hall–Kier alpha value is -3.13. The highest BCUT2D eigenvalue weighted by Gasteiger charge is 2.45. The SMILES string of the molecule is COc1cc2c(c(OC)c1OC)-c1cc3c(cc1[C@@H](O)[C@H]1COC(=O)[C@@H]1C2)OCO3. The molecule has 0 spiro atoms. The van der Waals surface area contributed by atoms with Crippen LogP contribution in [0.3, 0.4) is 0 Å². The van der Waals surface area contributed by atoms with E-state index in [-0.39, 0.29) is 25.3 Å². The second-order valence-electron chi connectivity index (χ2n) is 7.52. The summed E-state index contributed by atoms with van der Waals surface area (Å²) in [5.74, 6) is 1.36. The number of cyclic esters (lactones) is 1. The van der Waals surface area contributed by atoms with Crippen LogP contribution in [0.1, 0.15) is 17.2 Å². The third kappa shape index (κ3) is 2.60. The molecule has 2 aromatic rings. The fourth-order valence-electron chi connectivity index (χ4n) is 4.67. The molecule has 0 amide bonds. The molecule has 158 valence electrons. The third-order valence-electron chi connectivity index (χ3n) is 6.13. The quantitative estimate of drug-likeness (QED) is 0.766. The first kappa shape index (κ1) is 18.9. The number of esters is 1. The van der Waals surface area contributed by atoms with Crippen LogP contribution in [0.25, 0.3) is 11.1 Å². The van der Waals surface area contributed by atoms with Crippen molar-refractivity contribution in [3.8, 4) is 39.9 Å². The molecule has 8 heteroatoms. The molecule has 1 fully saturated rings. The van der Waals surface area contributed by atoms with Gasteiger partial charge in [-0.2, -0.15) is 0 Å². The van der Waals surface area contributed by atoms with Crippen molar-refractivity contribution in [2.24, 2.45) is 11.8 Å². The molecule has 2 aromatic carbocycles. The van der Waals surface area contributed by atoms with Gasteiger partial charge in [0.05, 0.1) is 40.0 Å². The second-order valence-corrected chi connectivity index (χ2v) is 7.52. The number of methoxy groups -OCH3 is 3. The molecule has 3 aliphatic rings. The molecule has 1 saturated heterocycles. The molecule has 3 atom stereocenters. The molecule has 1 N–H and O–H groups in total. The van der Waals surface area contributed by atoms with Crippen LogP contribution in [0, 0.1) is 11.8 Å². The van der Waals surface area contributed by atoms with Crippen LogP contribution in [0.15, 0.2) is 18.2 Å². The fourth-order valence-corrected chi connectivity index (χ4v) is 4.67. The van der Waals surface area contributed by atoms with Gasteiger partial charge in [-0.1, -0.05) is 0 Å². The minimum atomic E-state index is -0.920. The van der Waals surface area contributed by atoms with E-state index in [0.717, 1.165) is 16.7 Å². The summed E-state index contributed by atoms with van der Waals surface area (Å²) < 4.78 is 33.3. The summed E-state index contributed by atoms with van der Waals surface area (Å²) in [6.07, 6.45) is -0.544. The first-order valence-electron chi connectivity index (χ1n) is 9.67. The first-order chi connectivity index (χ1) is 14.6. The van der Waals surface area contributed by atoms with Crippen LogP contribution in [0.2, 0.25) is 0 Å². The van der Waals surface area contributed by atoms with Crippen LogP contribution in [-0.4, -0.2) is 45.8 Å². The van der Waals surface area contributed by atoms with Crippen molar-refractivity contribution in [1.82, 2.24) is 0 Å². The zero-order valence-corrected chi connectivity index (χ0v) is 16.9. The highest BCUT2D eigenvalue weighted by atomic mass is 16.7. The van der Waals surface area contributed by atoms with Gasteiger partial charge in [-0.05, 0) is 41.3 Å². The lowest BCUT2D eigenvalue weighted by Gasteiger charge is -2.30. The summed E-state index contributed by atoms with van der Waals surface area (Å²) in [4.78, 5) is 12.5. The van der Waals surface area contributed by atoms with Crippen molar-refractivity contribution in [3.05, 3.63) is 29.3 Å². The lowest BCUT2D eigenvalue weighted by atomic mass is 9.76. The molecule has 1 aliphatic carbocycles. The molecule has 2 heterocycles. The van der Waals surface area contributed by atoms with Crippen molar-refractivity contribution >= 4 is 5.97 Å². The molecule has 30 heavy (non-hydrogen) atoms. The predicted octanol–water partition coefficient (Wildman–Crippen LogP) is 2.49. The number of aliphatic hydroxyl groups is 1. The number of ether oxygens (including phenoxy) is 6. The van der Waals surface area contributed by atoms with Gasteiger partial charge in [-0.15, -0.1) is 0 Å². The fraction of sp³-hybridized carbons (Fsp3) is 0.409. The topological polar surface area (TPSA) is 92.7 Å².